The normalized spacial score (nSPS) is 15.2. The predicted octanol–water partition coefficient (Wildman–Crippen LogP) is -0.610. The first-order chi connectivity index (χ1) is 10.5. The zero-order chi connectivity index (χ0) is 16.5. The van der Waals surface area contributed by atoms with Crippen molar-refractivity contribution in [1.82, 2.24) is 10.2 Å². The molecule has 122 valence electrons. The van der Waals surface area contributed by atoms with E-state index in [1.54, 1.807) is 0 Å². The Balaban J connectivity index is 2.30. The average Bonchev–Trinajstić information content (AvgIpc) is 2.78. The number of nitrogens with one attached hydrogen (secondary N) is 1. The van der Waals surface area contributed by atoms with E-state index in [-0.39, 0.29) is 13.0 Å². The van der Waals surface area contributed by atoms with Gasteiger partial charge >= 0.3 is 5.97 Å². The van der Waals surface area contributed by atoms with Crippen LogP contribution in [0.2, 0.25) is 0 Å². The minimum absolute atomic E-state index is 0.0533. The molecule has 8 nitrogen and oxygen atoms in total. The van der Waals surface area contributed by atoms with Crippen LogP contribution >= 0.6 is 0 Å². The second-order valence-corrected chi connectivity index (χ2v) is 5.01. The molecule has 0 aromatic carbocycles. The smallest absolute Gasteiger partial charge is 0.326 e. The molecule has 8 heteroatoms. The maximum absolute atomic E-state index is 11.7. The molecule has 1 aliphatic rings. The molecule has 0 aromatic rings. The van der Waals surface area contributed by atoms with E-state index in [9.17, 15) is 19.2 Å². The first-order valence-corrected chi connectivity index (χ1v) is 7.21. The van der Waals surface area contributed by atoms with E-state index in [4.69, 9.17) is 10.8 Å². The third-order valence-corrected chi connectivity index (χ3v) is 3.27. The van der Waals surface area contributed by atoms with Gasteiger partial charge in [-0.25, -0.2) is 4.79 Å². The molecule has 0 saturated heterocycles. The molecule has 0 saturated carbocycles. The van der Waals surface area contributed by atoms with Gasteiger partial charge in [-0.3, -0.25) is 19.3 Å². The first-order valence-electron chi connectivity index (χ1n) is 7.21. The van der Waals surface area contributed by atoms with Crippen molar-refractivity contribution in [2.75, 3.05) is 13.1 Å². The van der Waals surface area contributed by atoms with E-state index < -0.39 is 29.7 Å². The largest absolute Gasteiger partial charge is 0.480 e. The standard InChI is InChI=1S/C14H21N3O5/c15-8-2-1-4-10(14(21)22)16-11(18)5-3-9-17-12(19)6-7-13(17)20/h6-7,10H,1-5,8-9,15H2,(H,16,18)(H,21,22)/t10-/m0/s1. The number of hydrogen-bond donors (Lipinski definition) is 3. The SMILES string of the molecule is NCCCC[C@H](NC(=O)CCCN1C(=O)C=CC1=O)C(=O)O. The molecule has 1 aliphatic heterocycles. The van der Waals surface area contributed by atoms with Crippen molar-refractivity contribution >= 4 is 23.7 Å². The van der Waals surface area contributed by atoms with Crippen LogP contribution in [0.4, 0.5) is 0 Å². The number of nitrogens with two attached hydrogens (primary N) is 1. The van der Waals surface area contributed by atoms with Gasteiger partial charge in [0.25, 0.3) is 11.8 Å². The predicted molar refractivity (Wildman–Crippen MR) is 77.6 cm³/mol. The van der Waals surface area contributed by atoms with Gasteiger partial charge in [0.15, 0.2) is 0 Å². The van der Waals surface area contributed by atoms with E-state index in [2.05, 4.69) is 5.32 Å². The van der Waals surface area contributed by atoms with Crippen LogP contribution in [0.1, 0.15) is 32.1 Å². The number of carboxylic acids is 1. The Bertz CT molecular complexity index is 457. The summed E-state index contributed by atoms with van der Waals surface area (Å²) in [6.07, 6.45) is 4.35. The number of carboxylic acid groups (broad SMARTS) is 1. The maximum Gasteiger partial charge on any atom is 0.326 e. The number of carbonyl (C=O) groups excluding carboxylic acids is 3. The molecule has 0 spiro atoms. The molecule has 4 N–H and O–H groups in total. The van der Waals surface area contributed by atoms with Gasteiger partial charge in [-0.1, -0.05) is 0 Å². The summed E-state index contributed by atoms with van der Waals surface area (Å²) in [7, 11) is 0. The highest BCUT2D eigenvalue weighted by Crippen LogP contribution is 2.06. The summed E-state index contributed by atoms with van der Waals surface area (Å²) in [5.41, 5.74) is 5.34. The van der Waals surface area contributed by atoms with Crippen molar-refractivity contribution in [3.63, 3.8) is 0 Å². The van der Waals surface area contributed by atoms with Gasteiger partial charge < -0.3 is 16.2 Å². The fourth-order valence-electron chi connectivity index (χ4n) is 2.07. The number of nitrogens with zero attached hydrogens (tertiary/aromatic N) is 1. The Morgan fingerprint density at radius 2 is 1.82 bits per heavy atom. The quantitative estimate of drug-likeness (QED) is 0.364. The molecule has 1 rings (SSSR count). The highest BCUT2D eigenvalue weighted by atomic mass is 16.4. The molecule has 1 heterocycles. The van der Waals surface area contributed by atoms with Crippen molar-refractivity contribution in [1.29, 1.82) is 0 Å². The summed E-state index contributed by atoms with van der Waals surface area (Å²) < 4.78 is 0. The van der Waals surface area contributed by atoms with E-state index in [1.807, 2.05) is 0 Å². The molecule has 1 atom stereocenters. The van der Waals surface area contributed by atoms with E-state index in [0.29, 0.717) is 32.2 Å². The summed E-state index contributed by atoms with van der Waals surface area (Å²) in [4.78, 5) is 46.4. The van der Waals surface area contributed by atoms with Gasteiger partial charge in [-0.05, 0) is 32.2 Å². The van der Waals surface area contributed by atoms with Crippen LogP contribution in [0, 0.1) is 0 Å². The summed E-state index contributed by atoms with van der Waals surface area (Å²) >= 11 is 0. The van der Waals surface area contributed by atoms with Crippen molar-refractivity contribution < 1.29 is 24.3 Å². The van der Waals surface area contributed by atoms with Gasteiger partial charge in [0.05, 0.1) is 0 Å². The first kappa shape index (κ1) is 17.8. The third kappa shape index (κ3) is 5.65. The van der Waals surface area contributed by atoms with Crippen molar-refractivity contribution in [3.8, 4) is 0 Å². The number of unbranched alkanes of at least 4 members (excludes halogenated alkanes) is 1. The van der Waals surface area contributed by atoms with Gasteiger partial charge in [0.2, 0.25) is 5.91 Å². The third-order valence-electron chi connectivity index (χ3n) is 3.27. The van der Waals surface area contributed by atoms with Gasteiger partial charge in [0.1, 0.15) is 6.04 Å². The maximum atomic E-state index is 11.7. The van der Waals surface area contributed by atoms with Gasteiger partial charge in [0, 0.05) is 25.1 Å². The summed E-state index contributed by atoms with van der Waals surface area (Å²) in [6.45, 7) is 0.620. The molecular weight excluding hydrogens is 290 g/mol. The Morgan fingerprint density at radius 1 is 1.18 bits per heavy atom. The lowest BCUT2D eigenvalue weighted by Crippen LogP contribution is -2.41. The number of carbonyl (C=O) groups is 4. The Labute approximate surface area is 128 Å². The second kappa shape index (κ2) is 8.93. The lowest BCUT2D eigenvalue weighted by molar-refractivity contribution is -0.142. The molecule has 0 bridgehead atoms. The van der Waals surface area contributed by atoms with Crippen LogP contribution in [-0.2, 0) is 19.2 Å². The lowest BCUT2D eigenvalue weighted by atomic mass is 10.1. The average molecular weight is 311 g/mol. The number of imide groups is 1. The highest BCUT2D eigenvalue weighted by molar-refractivity contribution is 6.12. The fraction of sp³-hybridized carbons (Fsp3) is 0.571. The van der Waals surface area contributed by atoms with Crippen LogP contribution in [-0.4, -0.2) is 52.8 Å². The highest BCUT2D eigenvalue weighted by Gasteiger charge is 2.23. The zero-order valence-corrected chi connectivity index (χ0v) is 12.3. The van der Waals surface area contributed by atoms with Crippen molar-refractivity contribution in [3.05, 3.63) is 12.2 Å². The molecule has 0 aromatic heterocycles. The molecule has 0 radical (unpaired) electrons. The van der Waals surface area contributed by atoms with Crippen LogP contribution in [0.25, 0.3) is 0 Å². The van der Waals surface area contributed by atoms with Gasteiger partial charge in [-0.15, -0.1) is 0 Å². The van der Waals surface area contributed by atoms with E-state index in [1.165, 1.54) is 12.2 Å². The van der Waals surface area contributed by atoms with E-state index >= 15 is 0 Å². The Morgan fingerprint density at radius 3 is 2.36 bits per heavy atom. The second-order valence-electron chi connectivity index (χ2n) is 5.01. The Hall–Kier alpha value is -2.22. The number of aliphatic carboxylic acids is 1. The van der Waals surface area contributed by atoms with E-state index in [0.717, 1.165) is 4.90 Å². The monoisotopic (exact) mass is 311 g/mol. The van der Waals surface area contributed by atoms with Crippen LogP contribution in [0.5, 0.6) is 0 Å². The summed E-state index contributed by atoms with van der Waals surface area (Å²) in [5.74, 6) is -2.28. The number of amides is 3. The Kier molecular flexibility index (Phi) is 7.24. The summed E-state index contributed by atoms with van der Waals surface area (Å²) in [5, 5.41) is 11.5. The molecule has 3 amide bonds. The molecular formula is C14H21N3O5. The van der Waals surface area contributed by atoms with Crippen molar-refractivity contribution in [2.45, 2.75) is 38.1 Å². The fourth-order valence-corrected chi connectivity index (χ4v) is 2.07. The van der Waals surface area contributed by atoms with Crippen LogP contribution in [0.3, 0.4) is 0 Å². The number of rotatable bonds is 10. The summed E-state index contributed by atoms with van der Waals surface area (Å²) in [6, 6.07) is -0.934. The molecule has 0 unspecified atom stereocenters. The lowest BCUT2D eigenvalue weighted by Gasteiger charge is -2.16. The minimum atomic E-state index is -1.08. The zero-order valence-electron chi connectivity index (χ0n) is 12.3. The van der Waals surface area contributed by atoms with Crippen LogP contribution < -0.4 is 11.1 Å². The number of hydrogen-bond acceptors (Lipinski definition) is 5. The van der Waals surface area contributed by atoms with Crippen molar-refractivity contribution in [2.24, 2.45) is 5.73 Å². The van der Waals surface area contributed by atoms with Gasteiger partial charge in [-0.2, -0.15) is 0 Å². The topological polar surface area (TPSA) is 130 Å². The molecule has 0 fully saturated rings. The molecule has 0 aliphatic carbocycles. The van der Waals surface area contributed by atoms with Crippen LogP contribution in [0.15, 0.2) is 12.2 Å². The minimum Gasteiger partial charge on any atom is -0.480 e. The molecule has 22 heavy (non-hydrogen) atoms.